The van der Waals surface area contributed by atoms with E-state index in [0.717, 1.165) is 31.2 Å². The zero-order chi connectivity index (χ0) is 14.1. The molecule has 1 aliphatic heterocycles. The Morgan fingerprint density at radius 1 is 1.20 bits per heavy atom. The summed E-state index contributed by atoms with van der Waals surface area (Å²) in [4.78, 5) is 25.0. The fourth-order valence-electron chi connectivity index (χ4n) is 3.01. The Hall–Kier alpha value is -2.04. The Bertz CT molecular complexity index is 536. The second kappa shape index (κ2) is 5.15. The Kier molecular flexibility index (Phi) is 3.34. The van der Waals surface area contributed by atoms with Crippen molar-refractivity contribution in [3.05, 3.63) is 29.8 Å². The van der Waals surface area contributed by atoms with Crippen molar-refractivity contribution in [3.8, 4) is 0 Å². The lowest BCUT2D eigenvalue weighted by atomic mass is 10.1. The summed E-state index contributed by atoms with van der Waals surface area (Å²) in [6.07, 6.45) is 3.62. The molecule has 20 heavy (non-hydrogen) atoms. The molecule has 1 aromatic rings. The fourth-order valence-corrected chi connectivity index (χ4v) is 3.01. The molecule has 0 bridgehead atoms. The van der Waals surface area contributed by atoms with Crippen molar-refractivity contribution in [1.82, 2.24) is 0 Å². The summed E-state index contributed by atoms with van der Waals surface area (Å²) in [5.74, 6) is -0.996. The van der Waals surface area contributed by atoms with Crippen LogP contribution in [-0.4, -0.2) is 29.3 Å². The van der Waals surface area contributed by atoms with Gasteiger partial charge in [-0.25, -0.2) is 9.59 Å². The Morgan fingerprint density at radius 3 is 2.60 bits per heavy atom. The van der Waals surface area contributed by atoms with Crippen molar-refractivity contribution < 1.29 is 19.4 Å². The molecule has 1 fully saturated rings. The normalized spacial score (nSPS) is 21.8. The first-order chi connectivity index (χ1) is 9.66. The number of ether oxygens (including phenoxy) is 1. The summed E-state index contributed by atoms with van der Waals surface area (Å²) in [6.45, 7) is 0. The summed E-state index contributed by atoms with van der Waals surface area (Å²) >= 11 is 0. The number of hydrogen-bond donors (Lipinski definition) is 1. The molecule has 2 aliphatic rings. The molecule has 0 radical (unpaired) electrons. The molecule has 106 valence electrons. The van der Waals surface area contributed by atoms with Crippen molar-refractivity contribution in [3.63, 3.8) is 0 Å². The lowest BCUT2D eigenvalue weighted by molar-refractivity contribution is -0.138. The average Bonchev–Trinajstić information content (AvgIpc) is 3.04. The first-order valence-corrected chi connectivity index (χ1v) is 6.97. The zero-order valence-electron chi connectivity index (χ0n) is 11.1. The number of carbonyl (C=O) groups is 2. The highest BCUT2D eigenvalue weighted by atomic mass is 16.6. The number of rotatable bonds is 2. The summed E-state index contributed by atoms with van der Waals surface area (Å²) in [6, 6.07) is 6.42. The number of carboxylic acids is 1. The van der Waals surface area contributed by atoms with E-state index < -0.39 is 18.1 Å². The minimum atomic E-state index is -0.996. The quantitative estimate of drug-likeness (QED) is 0.900. The number of amides is 1. The summed E-state index contributed by atoms with van der Waals surface area (Å²) in [5, 5.41) is 9.32. The topological polar surface area (TPSA) is 66.8 Å². The molecule has 1 N–H and O–H groups in total. The highest BCUT2D eigenvalue weighted by molar-refractivity contribution is 5.98. The molecule has 5 heteroatoms. The molecule has 1 aromatic carbocycles. The lowest BCUT2D eigenvalue weighted by Gasteiger charge is -2.24. The van der Waals surface area contributed by atoms with Crippen LogP contribution in [0.1, 0.15) is 31.2 Å². The third-order valence-corrected chi connectivity index (χ3v) is 4.03. The van der Waals surface area contributed by atoms with Gasteiger partial charge in [0.2, 0.25) is 0 Å². The largest absolute Gasteiger partial charge is 0.480 e. The molecular formula is C15H17NO4. The van der Waals surface area contributed by atoms with E-state index in [0.29, 0.717) is 12.1 Å². The van der Waals surface area contributed by atoms with Gasteiger partial charge in [-0.05, 0) is 37.3 Å². The molecule has 0 aromatic heterocycles. The van der Waals surface area contributed by atoms with E-state index in [1.165, 1.54) is 4.90 Å². The van der Waals surface area contributed by atoms with Gasteiger partial charge in [-0.3, -0.25) is 4.90 Å². The van der Waals surface area contributed by atoms with Crippen LogP contribution in [0.5, 0.6) is 0 Å². The summed E-state index contributed by atoms with van der Waals surface area (Å²) in [7, 11) is 0. The minimum absolute atomic E-state index is 0.0651. The number of nitrogens with zero attached hydrogens (tertiary/aromatic N) is 1. The number of fused-ring (bicyclic) bond motifs is 1. The van der Waals surface area contributed by atoms with Crippen LogP contribution in [0, 0.1) is 0 Å². The predicted octanol–water partition coefficient (Wildman–Crippen LogP) is 2.58. The van der Waals surface area contributed by atoms with Crippen molar-refractivity contribution in [2.45, 2.75) is 44.2 Å². The molecule has 0 saturated heterocycles. The molecule has 3 rings (SSSR count). The van der Waals surface area contributed by atoms with E-state index in [2.05, 4.69) is 0 Å². The van der Waals surface area contributed by atoms with Gasteiger partial charge < -0.3 is 9.84 Å². The molecule has 1 aliphatic carbocycles. The lowest BCUT2D eigenvalue weighted by Crippen LogP contribution is -2.44. The summed E-state index contributed by atoms with van der Waals surface area (Å²) < 4.78 is 5.46. The predicted molar refractivity (Wildman–Crippen MR) is 72.8 cm³/mol. The molecule has 0 spiro atoms. The first kappa shape index (κ1) is 13.0. The molecule has 0 unspecified atom stereocenters. The number of carboxylic acid groups (broad SMARTS) is 1. The summed E-state index contributed by atoms with van der Waals surface area (Å²) in [5.41, 5.74) is 1.53. The van der Waals surface area contributed by atoms with Crippen LogP contribution >= 0.6 is 0 Å². The molecule has 5 nitrogen and oxygen atoms in total. The standard InChI is InChI=1S/C15H17NO4/c17-14(18)13-9-10-5-1-4-8-12(10)16(13)15(19)20-11-6-2-3-7-11/h1,4-5,8,11,13H,2-3,6-7,9H2,(H,17,18)/t13-/m1/s1. The van der Waals surface area contributed by atoms with Crippen LogP contribution in [0.3, 0.4) is 0 Å². The van der Waals surface area contributed by atoms with Gasteiger partial charge in [0.15, 0.2) is 0 Å². The maximum absolute atomic E-state index is 12.3. The van der Waals surface area contributed by atoms with Crippen LogP contribution in [0.2, 0.25) is 0 Å². The van der Waals surface area contributed by atoms with E-state index >= 15 is 0 Å². The number of aliphatic carboxylic acids is 1. The highest BCUT2D eigenvalue weighted by Crippen LogP contribution is 2.33. The number of benzene rings is 1. The van der Waals surface area contributed by atoms with E-state index in [1.54, 1.807) is 12.1 Å². The number of carbonyl (C=O) groups excluding carboxylic acids is 1. The van der Waals surface area contributed by atoms with Gasteiger partial charge in [0.05, 0.1) is 5.69 Å². The maximum atomic E-state index is 12.3. The molecule has 1 amide bonds. The molecular weight excluding hydrogens is 258 g/mol. The third-order valence-electron chi connectivity index (χ3n) is 4.03. The second-order valence-electron chi connectivity index (χ2n) is 5.35. The third kappa shape index (κ3) is 2.24. The Balaban J connectivity index is 1.84. The number of anilines is 1. The van der Waals surface area contributed by atoms with Crippen LogP contribution in [-0.2, 0) is 16.0 Å². The maximum Gasteiger partial charge on any atom is 0.415 e. The van der Waals surface area contributed by atoms with Crippen LogP contribution in [0.4, 0.5) is 10.5 Å². The average molecular weight is 275 g/mol. The first-order valence-electron chi connectivity index (χ1n) is 6.97. The van der Waals surface area contributed by atoms with E-state index in [1.807, 2.05) is 12.1 Å². The number of para-hydroxylation sites is 1. The van der Waals surface area contributed by atoms with Gasteiger partial charge >= 0.3 is 12.1 Å². The SMILES string of the molecule is O=C(O)[C@H]1Cc2ccccc2N1C(=O)OC1CCCC1. The Labute approximate surface area is 117 Å². The molecule has 1 heterocycles. The Morgan fingerprint density at radius 2 is 1.90 bits per heavy atom. The van der Waals surface area contributed by atoms with Crippen LogP contribution in [0.25, 0.3) is 0 Å². The van der Waals surface area contributed by atoms with E-state index in [9.17, 15) is 14.7 Å². The van der Waals surface area contributed by atoms with Crippen molar-refractivity contribution in [1.29, 1.82) is 0 Å². The smallest absolute Gasteiger partial charge is 0.415 e. The highest BCUT2D eigenvalue weighted by Gasteiger charge is 2.40. The monoisotopic (exact) mass is 275 g/mol. The van der Waals surface area contributed by atoms with Crippen molar-refractivity contribution >= 4 is 17.7 Å². The van der Waals surface area contributed by atoms with Crippen LogP contribution < -0.4 is 4.90 Å². The van der Waals surface area contributed by atoms with Gasteiger partial charge in [0, 0.05) is 6.42 Å². The molecule has 1 atom stereocenters. The van der Waals surface area contributed by atoms with Gasteiger partial charge in [-0.1, -0.05) is 18.2 Å². The van der Waals surface area contributed by atoms with E-state index in [4.69, 9.17) is 4.74 Å². The number of hydrogen-bond acceptors (Lipinski definition) is 3. The minimum Gasteiger partial charge on any atom is -0.480 e. The second-order valence-corrected chi connectivity index (χ2v) is 5.35. The van der Waals surface area contributed by atoms with Crippen molar-refractivity contribution in [2.75, 3.05) is 4.90 Å². The zero-order valence-corrected chi connectivity index (χ0v) is 11.1. The van der Waals surface area contributed by atoms with Gasteiger partial charge in [-0.2, -0.15) is 0 Å². The van der Waals surface area contributed by atoms with Gasteiger partial charge in [-0.15, -0.1) is 0 Å². The van der Waals surface area contributed by atoms with Gasteiger partial charge in [0.1, 0.15) is 12.1 Å². The van der Waals surface area contributed by atoms with Crippen molar-refractivity contribution in [2.24, 2.45) is 0 Å². The fraction of sp³-hybridized carbons (Fsp3) is 0.467. The van der Waals surface area contributed by atoms with Gasteiger partial charge in [0.25, 0.3) is 0 Å². The molecule has 1 saturated carbocycles. The van der Waals surface area contributed by atoms with Crippen LogP contribution in [0.15, 0.2) is 24.3 Å². The van der Waals surface area contributed by atoms with E-state index in [-0.39, 0.29) is 6.10 Å².